The third kappa shape index (κ3) is 4.47. The second kappa shape index (κ2) is 11.8. The number of amides is 3. The van der Waals surface area contributed by atoms with E-state index in [2.05, 4.69) is 18.7 Å². The van der Waals surface area contributed by atoms with Crippen LogP contribution in [0.3, 0.4) is 0 Å². The average molecular weight is 579 g/mol. The first-order valence-corrected chi connectivity index (χ1v) is 15.7. The van der Waals surface area contributed by atoms with Crippen molar-refractivity contribution in [2.75, 3.05) is 49.1 Å². The van der Waals surface area contributed by atoms with Gasteiger partial charge in [-0.25, -0.2) is 0 Å². The Morgan fingerprint density at radius 2 is 1.62 bits per heavy atom. The summed E-state index contributed by atoms with van der Waals surface area (Å²) in [6.07, 6.45) is 9.48. The van der Waals surface area contributed by atoms with Crippen LogP contribution in [0, 0.1) is 11.8 Å². The van der Waals surface area contributed by atoms with E-state index in [-0.39, 0.29) is 24.3 Å². The number of rotatable bonds is 10. The number of likely N-dealkylation sites (tertiary alicyclic amines) is 1. The summed E-state index contributed by atoms with van der Waals surface area (Å²) in [4.78, 5) is 50.8. The standard InChI is InChI=1S/C33H46N4O5/c1-6-19-35-20-11-17-32(8-3)26(29(35)39)27-30(40)37(23(7-2)22-38)28-31(41)36(21-12-18-33(27,28)42-32)25-15-13-24(14-16-25)34(9-4)10-5/h11-18,23,26-28,38H,6-10,19-22H2,1-5H3/t23-,26+,27-,28?,32-,33-/m0/s1. The zero-order chi connectivity index (χ0) is 30.2. The number of hydrogen-bond acceptors (Lipinski definition) is 6. The summed E-state index contributed by atoms with van der Waals surface area (Å²) in [7, 11) is 0. The van der Waals surface area contributed by atoms with Crippen molar-refractivity contribution in [1.29, 1.82) is 0 Å². The predicted molar refractivity (Wildman–Crippen MR) is 163 cm³/mol. The number of carbonyl (C=O) groups excluding carboxylic acids is 3. The second-order valence-corrected chi connectivity index (χ2v) is 11.8. The molecule has 0 aromatic heterocycles. The van der Waals surface area contributed by atoms with Crippen molar-refractivity contribution in [2.24, 2.45) is 11.8 Å². The highest BCUT2D eigenvalue weighted by molar-refractivity contribution is 6.06. The van der Waals surface area contributed by atoms with E-state index in [0.29, 0.717) is 32.5 Å². The quantitative estimate of drug-likeness (QED) is 0.428. The number of nitrogens with zero attached hydrogens (tertiary/aromatic N) is 4. The van der Waals surface area contributed by atoms with Crippen molar-refractivity contribution in [3.63, 3.8) is 0 Å². The molecule has 1 unspecified atom stereocenters. The van der Waals surface area contributed by atoms with Gasteiger partial charge in [0.1, 0.15) is 11.6 Å². The molecule has 1 aromatic carbocycles. The van der Waals surface area contributed by atoms with E-state index in [1.807, 2.05) is 69.3 Å². The Morgan fingerprint density at radius 1 is 0.929 bits per heavy atom. The van der Waals surface area contributed by atoms with E-state index in [9.17, 15) is 19.5 Å². The molecule has 9 heteroatoms. The zero-order valence-electron chi connectivity index (χ0n) is 25.7. The molecule has 1 N–H and O–H groups in total. The van der Waals surface area contributed by atoms with Gasteiger partial charge >= 0.3 is 0 Å². The summed E-state index contributed by atoms with van der Waals surface area (Å²) in [5, 5.41) is 10.4. The first-order valence-electron chi connectivity index (χ1n) is 15.7. The van der Waals surface area contributed by atoms with Crippen LogP contribution in [-0.2, 0) is 19.1 Å². The van der Waals surface area contributed by atoms with Crippen molar-refractivity contribution >= 4 is 29.1 Å². The molecular formula is C33H46N4O5. The van der Waals surface area contributed by atoms with E-state index < -0.39 is 35.1 Å². The van der Waals surface area contributed by atoms with E-state index in [4.69, 9.17) is 4.74 Å². The fourth-order valence-corrected chi connectivity index (χ4v) is 7.69. The minimum Gasteiger partial charge on any atom is -0.394 e. The fourth-order valence-electron chi connectivity index (χ4n) is 7.69. The molecule has 2 fully saturated rings. The largest absolute Gasteiger partial charge is 0.394 e. The minimum absolute atomic E-state index is 0.106. The van der Waals surface area contributed by atoms with Crippen molar-refractivity contribution < 1.29 is 24.2 Å². The Labute approximate surface area is 249 Å². The predicted octanol–water partition coefficient (Wildman–Crippen LogP) is 3.38. The Kier molecular flexibility index (Phi) is 8.54. The van der Waals surface area contributed by atoms with Gasteiger partial charge in [0.05, 0.1) is 30.1 Å². The summed E-state index contributed by atoms with van der Waals surface area (Å²) in [5.74, 6) is -2.30. The Hall–Kier alpha value is -3.17. The van der Waals surface area contributed by atoms with Crippen LogP contribution in [0.4, 0.5) is 11.4 Å². The van der Waals surface area contributed by atoms with Crippen molar-refractivity contribution in [3.05, 3.63) is 48.6 Å². The first-order chi connectivity index (χ1) is 20.3. The van der Waals surface area contributed by atoms with E-state index >= 15 is 0 Å². The zero-order valence-corrected chi connectivity index (χ0v) is 25.7. The van der Waals surface area contributed by atoms with Gasteiger partial charge in [-0.1, -0.05) is 45.1 Å². The molecule has 0 bridgehead atoms. The maximum atomic E-state index is 14.7. The lowest BCUT2D eigenvalue weighted by Gasteiger charge is -2.40. The van der Waals surface area contributed by atoms with Crippen LogP contribution in [-0.4, -0.2) is 95.2 Å². The van der Waals surface area contributed by atoms with E-state index in [1.54, 1.807) is 14.7 Å². The third-order valence-electron chi connectivity index (χ3n) is 9.82. The number of fused-ring (bicyclic) bond motifs is 2. The Bertz CT molecular complexity index is 1240. The maximum absolute atomic E-state index is 14.7. The second-order valence-electron chi connectivity index (χ2n) is 11.8. The first kappa shape index (κ1) is 30.3. The van der Waals surface area contributed by atoms with Gasteiger partial charge in [-0.3, -0.25) is 14.4 Å². The SMILES string of the molecule is CCCN1CC=C[C@]2(CC)O[C@]34C=CCN(c5ccc(N(CC)CC)cc5)C(=O)C3N([C@@H](CC)CO)C(=O)[C@@H]4[C@@H]2C1=O. The van der Waals surface area contributed by atoms with Crippen LogP contribution >= 0.6 is 0 Å². The van der Waals surface area contributed by atoms with Crippen molar-refractivity contribution in [3.8, 4) is 0 Å². The van der Waals surface area contributed by atoms with E-state index in [0.717, 1.165) is 30.9 Å². The summed E-state index contributed by atoms with van der Waals surface area (Å²) < 4.78 is 7.03. The molecular weight excluding hydrogens is 532 g/mol. The molecule has 0 aliphatic carbocycles. The maximum Gasteiger partial charge on any atom is 0.253 e. The topological polar surface area (TPSA) is 93.6 Å². The number of benzene rings is 1. The molecule has 1 aromatic rings. The highest BCUT2D eigenvalue weighted by Gasteiger charge is 2.75. The Morgan fingerprint density at radius 3 is 2.21 bits per heavy atom. The number of anilines is 2. The third-order valence-corrected chi connectivity index (χ3v) is 9.82. The van der Waals surface area contributed by atoms with Crippen LogP contribution in [0.1, 0.15) is 53.9 Å². The summed E-state index contributed by atoms with van der Waals surface area (Å²) >= 11 is 0. The normalized spacial score (nSPS) is 31.1. The van der Waals surface area contributed by atoms with E-state index in [1.165, 1.54) is 0 Å². The lowest BCUT2D eigenvalue weighted by molar-refractivity contribution is -0.152. The van der Waals surface area contributed by atoms with Gasteiger partial charge in [-0.2, -0.15) is 0 Å². The average Bonchev–Trinajstić information content (AvgIpc) is 3.30. The molecule has 228 valence electrons. The van der Waals surface area contributed by atoms with Gasteiger partial charge < -0.3 is 29.4 Å². The smallest absolute Gasteiger partial charge is 0.253 e. The minimum atomic E-state index is -1.33. The van der Waals surface area contributed by atoms with Crippen molar-refractivity contribution in [1.82, 2.24) is 9.80 Å². The molecule has 0 radical (unpaired) electrons. The molecule has 6 atom stereocenters. The van der Waals surface area contributed by atoms with Gasteiger partial charge in [0.15, 0.2) is 0 Å². The molecule has 3 amide bonds. The molecule has 5 rings (SSSR count). The molecule has 4 aliphatic heterocycles. The van der Waals surface area contributed by atoms with Crippen LogP contribution in [0.2, 0.25) is 0 Å². The van der Waals surface area contributed by atoms with Crippen LogP contribution in [0.25, 0.3) is 0 Å². The molecule has 4 aliphatic rings. The number of aliphatic hydroxyl groups is 1. The molecule has 1 spiro atoms. The lowest BCUT2D eigenvalue weighted by Crippen LogP contribution is -2.59. The molecule has 4 heterocycles. The van der Waals surface area contributed by atoms with Gasteiger partial charge in [0.2, 0.25) is 11.8 Å². The van der Waals surface area contributed by atoms with Gasteiger partial charge in [-0.05, 0) is 57.4 Å². The Balaban J connectivity index is 1.62. The highest BCUT2D eigenvalue weighted by atomic mass is 16.5. The number of aliphatic hydroxyl groups excluding tert-OH is 1. The van der Waals surface area contributed by atoms with Gasteiger partial charge in [-0.15, -0.1) is 0 Å². The number of ether oxygens (including phenoxy) is 1. The number of hydrogen-bond donors (Lipinski definition) is 1. The van der Waals surface area contributed by atoms with Gasteiger partial charge in [0.25, 0.3) is 5.91 Å². The molecule has 2 saturated heterocycles. The van der Waals surface area contributed by atoms with Gasteiger partial charge in [0, 0.05) is 44.1 Å². The summed E-state index contributed by atoms with van der Waals surface area (Å²) in [6.45, 7) is 13.0. The van der Waals surface area contributed by atoms with Crippen molar-refractivity contribution in [2.45, 2.75) is 77.2 Å². The highest BCUT2D eigenvalue weighted by Crippen LogP contribution is 2.59. The fraction of sp³-hybridized carbons (Fsp3) is 0.606. The number of carbonyl (C=O) groups is 3. The molecule has 42 heavy (non-hydrogen) atoms. The monoisotopic (exact) mass is 578 g/mol. The molecule has 0 saturated carbocycles. The van der Waals surface area contributed by atoms with Crippen LogP contribution < -0.4 is 9.80 Å². The molecule has 9 nitrogen and oxygen atoms in total. The van der Waals surface area contributed by atoms with Crippen LogP contribution in [0.5, 0.6) is 0 Å². The summed E-state index contributed by atoms with van der Waals surface area (Å²) in [5.41, 5.74) is -0.528. The summed E-state index contributed by atoms with van der Waals surface area (Å²) in [6, 6.07) is 6.35. The lowest BCUT2D eigenvalue weighted by atomic mass is 9.73. The van der Waals surface area contributed by atoms with Crippen LogP contribution in [0.15, 0.2) is 48.6 Å².